The Kier molecular flexibility index (Phi) is 4.41. The van der Waals surface area contributed by atoms with Crippen LogP contribution in [0.2, 0.25) is 5.02 Å². The Hall–Kier alpha value is -3.51. The van der Waals surface area contributed by atoms with Gasteiger partial charge in [-0.05, 0) is 46.5 Å². The van der Waals surface area contributed by atoms with Crippen LogP contribution in [-0.2, 0) is 0 Å². The maximum Gasteiger partial charge on any atom is 0.322 e. The Bertz CT molecular complexity index is 1090. The third kappa shape index (κ3) is 3.04. The third-order valence-corrected chi connectivity index (χ3v) is 4.87. The van der Waals surface area contributed by atoms with Crippen molar-refractivity contribution in [3.05, 3.63) is 82.4 Å². The van der Waals surface area contributed by atoms with Crippen LogP contribution in [0.25, 0.3) is 11.1 Å². The fourth-order valence-corrected chi connectivity index (χ4v) is 3.60. The molecule has 0 spiro atoms. The average molecular weight is 395 g/mol. The van der Waals surface area contributed by atoms with Gasteiger partial charge in [0, 0.05) is 5.02 Å². The number of nitrogens with one attached hydrogen (secondary N) is 2. The molecule has 28 heavy (non-hydrogen) atoms. The topological polar surface area (TPSA) is 98.7 Å². The van der Waals surface area contributed by atoms with Gasteiger partial charge in [-0.15, -0.1) is 0 Å². The van der Waals surface area contributed by atoms with Crippen LogP contribution in [-0.4, -0.2) is 22.2 Å². The third-order valence-electron chi connectivity index (χ3n) is 4.64. The number of urea groups is 1. The van der Waals surface area contributed by atoms with Gasteiger partial charge in [-0.1, -0.05) is 48.0 Å². The lowest BCUT2D eigenvalue weighted by atomic mass is 10.1. The molecule has 0 bridgehead atoms. The van der Waals surface area contributed by atoms with E-state index in [9.17, 15) is 19.8 Å². The number of carbonyl (C=O) groups is 2. The van der Waals surface area contributed by atoms with Crippen LogP contribution in [0.15, 0.2) is 60.7 Å². The molecular formula is C21H15ClN2O4. The summed E-state index contributed by atoms with van der Waals surface area (Å²) in [6.45, 7) is 0. The van der Waals surface area contributed by atoms with E-state index in [-0.39, 0.29) is 5.56 Å². The van der Waals surface area contributed by atoms with E-state index in [2.05, 4.69) is 10.6 Å². The summed E-state index contributed by atoms with van der Waals surface area (Å²) in [5, 5.41) is 25.1. The molecule has 3 aromatic rings. The van der Waals surface area contributed by atoms with E-state index in [1.54, 1.807) is 6.07 Å². The molecule has 0 saturated carbocycles. The van der Waals surface area contributed by atoms with Crippen molar-refractivity contribution < 1.29 is 19.8 Å². The van der Waals surface area contributed by atoms with Gasteiger partial charge >= 0.3 is 6.03 Å². The van der Waals surface area contributed by atoms with Crippen molar-refractivity contribution in [2.45, 2.75) is 6.04 Å². The molecule has 1 aliphatic rings. The predicted molar refractivity (Wildman–Crippen MR) is 105 cm³/mol. The lowest BCUT2D eigenvalue weighted by Crippen LogP contribution is -2.41. The highest BCUT2D eigenvalue weighted by atomic mass is 35.5. The fraction of sp³-hybridized carbons (Fsp3) is 0.0476. The second kappa shape index (κ2) is 6.90. The van der Waals surface area contributed by atoms with Gasteiger partial charge in [-0.25, -0.2) is 4.79 Å². The van der Waals surface area contributed by atoms with Crippen molar-refractivity contribution in [1.29, 1.82) is 0 Å². The summed E-state index contributed by atoms with van der Waals surface area (Å²) >= 11 is 6.12. The van der Waals surface area contributed by atoms with Crippen LogP contribution in [0.5, 0.6) is 11.5 Å². The van der Waals surface area contributed by atoms with Gasteiger partial charge < -0.3 is 15.5 Å². The minimum Gasteiger partial charge on any atom is -0.507 e. The highest BCUT2D eigenvalue weighted by Gasteiger charge is 2.30. The number of imide groups is 1. The maximum absolute atomic E-state index is 12.5. The summed E-state index contributed by atoms with van der Waals surface area (Å²) < 4.78 is 0. The SMILES string of the molecule is O=C(NC(=O)c1c(O)cccc1O)NC1c2ccccc2-c2cc(Cl)ccc21. The zero-order valence-corrected chi connectivity index (χ0v) is 15.2. The van der Waals surface area contributed by atoms with Crippen molar-refractivity contribution in [2.24, 2.45) is 0 Å². The number of fused-ring (bicyclic) bond motifs is 3. The molecule has 1 unspecified atom stereocenters. The zero-order chi connectivity index (χ0) is 19.8. The molecule has 0 aliphatic heterocycles. The Labute approximate surface area is 165 Å². The first kappa shape index (κ1) is 17.9. The van der Waals surface area contributed by atoms with Gasteiger partial charge in [0.1, 0.15) is 17.1 Å². The summed E-state index contributed by atoms with van der Waals surface area (Å²) in [6.07, 6.45) is 0. The van der Waals surface area contributed by atoms with E-state index in [4.69, 9.17) is 11.6 Å². The summed E-state index contributed by atoms with van der Waals surface area (Å²) in [6, 6.07) is 15.7. The van der Waals surface area contributed by atoms with Gasteiger partial charge in [0.15, 0.2) is 0 Å². The molecule has 140 valence electrons. The number of aromatic hydroxyl groups is 2. The highest BCUT2D eigenvalue weighted by molar-refractivity contribution is 6.31. The van der Waals surface area contributed by atoms with Gasteiger partial charge in [0.05, 0.1) is 6.04 Å². The predicted octanol–water partition coefficient (Wildman–Crippen LogP) is 3.96. The molecular weight excluding hydrogens is 380 g/mol. The van der Waals surface area contributed by atoms with Crippen molar-refractivity contribution >= 4 is 23.5 Å². The number of hydrogen-bond donors (Lipinski definition) is 4. The van der Waals surface area contributed by atoms with Crippen LogP contribution >= 0.6 is 11.6 Å². The molecule has 0 saturated heterocycles. The molecule has 7 heteroatoms. The minimum absolute atomic E-state index is 0.364. The Morgan fingerprint density at radius 2 is 1.54 bits per heavy atom. The van der Waals surface area contributed by atoms with Crippen LogP contribution in [0, 0.1) is 0 Å². The first-order chi connectivity index (χ1) is 13.5. The number of phenols is 2. The second-order valence-electron chi connectivity index (χ2n) is 6.35. The zero-order valence-electron chi connectivity index (χ0n) is 14.4. The molecule has 0 aromatic heterocycles. The molecule has 6 nitrogen and oxygen atoms in total. The number of benzene rings is 3. The average Bonchev–Trinajstić information content (AvgIpc) is 2.95. The number of amides is 3. The summed E-state index contributed by atoms with van der Waals surface area (Å²) in [4.78, 5) is 24.8. The molecule has 0 radical (unpaired) electrons. The van der Waals surface area contributed by atoms with E-state index in [1.807, 2.05) is 36.4 Å². The standard InChI is InChI=1S/C21H15ClN2O4/c22-11-8-9-14-15(10-11)12-4-1-2-5-13(12)19(14)23-21(28)24-20(27)18-16(25)6-3-7-17(18)26/h1-10,19,25-26H,(H2,23,24,27,28). The Balaban J connectivity index is 1.59. The van der Waals surface area contributed by atoms with Gasteiger partial charge in [0.25, 0.3) is 5.91 Å². The van der Waals surface area contributed by atoms with Crippen LogP contribution in [0.1, 0.15) is 27.5 Å². The Morgan fingerprint density at radius 1 is 0.857 bits per heavy atom. The van der Waals surface area contributed by atoms with Gasteiger partial charge in [-0.2, -0.15) is 0 Å². The van der Waals surface area contributed by atoms with Crippen molar-refractivity contribution in [1.82, 2.24) is 10.6 Å². The largest absolute Gasteiger partial charge is 0.507 e. The molecule has 0 heterocycles. The lowest BCUT2D eigenvalue weighted by Gasteiger charge is -2.16. The first-order valence-corrected chi connectivity index (χ1v) is 8.85. The van der Waals surface area contributed by atoms with E-state index >= 15 is 0 Å². The van der Waals surface area contributed by atoms with Crippen molar-refractivity contribution in [3.8, 4) is 22.6 Å². The first-order valence-electron chi connectivity index (χ1n) is 8.47. The van der Waals surface area contributed by atoms with Crippen LogP contribution in [0.4, 0.5) is 4.79 Å². The molecule has 4 rings (SSSR count). The van der Waals surface area contributed by atoms with E-state index in [0.29, 0.717) is 5.02 Å². The molecule has 3 amide bonds. The normalized spacial score (nSPS) is 14.1. The fourth-order valence-electron chi connectivity index (χ4n) is 3.42. The molecule has 0 fully saturated rings. The highest BCUT2D eigenvalue weighted by Crippen LogP contribution is 2.44. The summed E-state index contributed by atoms with van der Waals surface area (Å²) in [5.74, 6) is -1.75. The second-order valence-corrected chi connectivity index (χ2v) is 6.79. The lowest BCUT2D eigenvalue weighted by molar-refractivity contribution is 0.0958. The molecule has 1 atom stereocenters. The van der Waals surface area contributed by atoms with E-state index in [1.165, 1.54) is 18.2 Å². The number of halogens is 1. The number of carbonyl (C=O) groups excluding carboxylic acids is 2. The van der Waals surface area contributed by atoms with Crippen molar-refractivity contribution in [3.63, 3.8) is 0 Å². The van der Waals surface area contributed by atoms with Gasteiger partial charge in [0.2, 0.25) is 0 Å². The smallest absolute Gasteiger partial charge is 0.322 e. The van der Waals surface area contributed by atoms with Crippen molar-refractivity contribution in [2.75, 3.05) is 0 Å². The molecule has 3 aromatic carbocycles. The van der Waals surface area contributed by atoms with E-state index < -0.39 is 29.5 Å². The Morgan fingerprint density at radius 3 is 2.29 bits per heavy atom. The van der Waals surface area contributed by atoms with Gasteiger partial charge in [-0.3, -0.25) is 10.1 Å². The summed E-state index contributed by atoms with van der Waals surface area (Å²) in [7, 11) is 0. The van der Waals surface area contributed by atoms with E-state index in [0.717, 1.165) is 22.3 Å². The maximum atomic E-state index is 12.5. The number of phenolic OH excluding ortho intramolecular Hbond substituents is 2. The number of hydrogen-bond acceptors (Lipinski definition) is 4. The number of rotatable bonds is 2. The molecule has 1 aliphatic carbocycles. The summed E-state index contributed by atoms with van der Waals surface area (Å²) in [5.41, 5.74) is 3.25. The molecule has 4 N–H and O–H groups in total. The monoisotopic (exact) mass is 394 g/mol. The van der Waals surface area contributed by atoms with Crippen LogP contribution < -0.4 is 10.6 Å². The van der Waals surface area contributed by atoms with Crippen LogP contribution in [0.3, 0.4) is 0 Å². The minimum atomic E-state index is -0.907. The quantitative estimate of drug-likeness (QED) is 0.528.